The first-order valence-electron chi connectivity index (χ1n) is 16.6. The molecule has 0 aliphatic heterocycles. The van der Waals surface area contributed by atoms with E-state index in [-0.39, 0.29) is 0 Å². The summed E-state index contributed by atoms with van der Waals surface area (Å²) in [5.41, 5.74) is 9.73. The molecule has 0 bridgehead atoms. The maximum atomic E-state index is 6.66. The van der Waals surface area contributed by atoms with Gasteiger partial charge in [-0.2, -0.15) is 0 Å². The lowest BCUT2D eigenvalue weighted by atomic mass is 10.00. The maximum absolute atomic E-state index is 6.66. The first-order chi connectivity index (χ1) is 24.8. The quantitative estimate of drug-likeness (QED) is 0.173. The van der Waals surface area contributed by atoms with Crippen molar-refractivity contribution in [3.63, 3.8) is 0 Å². The molecule has 0 aliphatic rings. The van der Waals surface area contributed by atoms with E-state index in [0.717, 1.165) is 66.8 Å². The number of rotatable bonds is 7. The standard InChI is InChI=1S/C45H30N4O/c1-5-15-32(16-6-1)43-46-44(33-17-7-2-8-18-33)48-45(47-43)39-25-14-26-40-41(39)38-24-13-23-37(42(38)50-40)31-27-29-36(30-28-31)49(34-19-9-3-10-20-34)35-21-11-4-12-22-35/h1-30H. The van der Waals surface area contributed by atoms with Crippen LogP contribution in [0.25, 0.3) is 67.2 Å². The molecular formula is C45H30N4O. The van der Waals surface area contributed by atoms with Crippen LogP contribution in [-0.2, 0) is 0 Å². The Morgan fingerprint density at radius 3 is 1.42 bits per heavy atom. The smallest absolute Gasteiger partial charge is 0.164 e. The average Bonchev–Trinajstić information content (AvgIpc) is 3.59. The van der Waals surface area contributed by atoms with Crippen molar-refractivity contribution < 1.29 is 4.42 Å². The maximum Gasteiger partial charge on any atom is 0.164 e. The number of hydrogen-bond acceptors (Lipinski definition) is 5. The van der Waals surface area contributed by atoms with Crippen molar-refractivity contribution in [3.8, 4) is 45.3 Å². The summed E-state index contributed by atoms with van der Waals surface area (Å²) in [6.07, 6.45) is 0. The Morgan fingerprint density at radius 1 is 0.360 bits per heavy atom. The molecule has 7 aromatic carbocycles. The third-order valence-electron chi connectivity index (χ3n) is 8.93. The first-order valence-corrected chi connectivity index (χ1v) is 16.6. The van der Waals surface area contributed by atoms with Gasteiger partial charge < -0.3 is 9.32 Å². The lowest BCUT2D eigenvalue weighted by molar-refractivity contribution is 0.670. The zero-order valence-corrected chi connectivity index (χ0v) is 27.0. The molecule has 236 valence electrons. The van der Waals surface area contributed by atoms with E-state index in [4.69, 9.17) is 19.4 Å². The number of para-hydroxylation sites is 3. The molecule has 0 unspecified atom stereocenters. The highest BCUT2D eigenvalue weighted by Crippen LogP contribution is 2.41. The van der Waals surface area contributed by atoms with Gasteiger partial charge in [0.05, 0.1) is 0 Å². The number of furan rings is 1. The summed E-state index contributed by atoms with van der Waals surface area (Å²) in [4.78, 5) is 17.2. The van der Waals surface area contributed by atoms with Crippen LogP contribution in [0.3, 0.4) is 0 Å². The highest BCUT2D eigenvalue weighted by Gasteiger charge is 2.20. The van der Waals surface area contributed by atoms with Crippen molar-refractivity contribution in [2.24, 2.45) is 0 Å². The molecule has 0 aliphatic carbocycles. The summed E-state index contributed by atoms with van der Waals surface area (Å²) in [5, 5.41) is 1.99. The molecule has 50 heavy (non-hydrogen) atoms. The summed E-state index contributed by atoms with van der Waals surface area (Å²) in [7, 11) is 0. The minimum absolute atomic E-state index is 0.600. The molecule has 5 heteroatoms. The lowest BCUT2D eigenvalue weighted by Gasteiger charge is -2.25. The van der Waals surface area contributed by atoms with Crippen molar-refractivity contribution in [2.45, 2.75) is 0 Å². The van der Waals surface area contributed by atoms with E-state index in [1.807, 2.05) is 84.9 Å². The molecule has 0 fully saturated rings. The van der Waals surface area contributed by atoms with Crippen molar-refractivity contribution >= 4 is 39.0 Å². The van der Waals surface area contributed by atoms with Crippen molar-refractivity contribution in [2.75, 3.05) is 4.90 Å². The molecule has 9 aromatic rings. The molecule has 5 nitrogen and oxygen atoms in total. The van der Waals surface area contributed by atoms with Gasteiger partial charge in [-0.3, -0.25) is 0 Å². The second kappa shape index (κ2) is 12.6. The molecule has 0 amide bonds. The van der Waals surface area contributed by atoms with Crippen LogP contribution in [0.15, 0.2) is 186 Å². The van der Waals surface area contributed by atoms with Gasteiger partial charge in [-0.15, -0.1) is 0 Å². The van der Waals surface area contributed by atoms with Crippen molar-refractivity contribution in [3.05, 3.63) is 182 Å². The summed E-state index contributed by atoms with van der Waals surface area (Å²) in [6.45, 7) is 0. The topological polar surface area (TPSA) is 55.1 Å². The molecule has 0 N–H and O–H groups in total. The Balaban J connectivity index is 1.17. The predicted octanol–water partition coefficient (Wildman–Crippen LogP) is 11.9. The normalized spacial score (nSPS) is 11.2. The molecular weight excluding hydrogens is 613 g/mol. The van der Waals surface area contributed by atoms with Crippen LogP contribution in [0, 0.1) is 0 Å². The number of nitrogens with zero attached hydrogens (tertiary/aromatic N) is 4. The lowest BCUT2D eigenvalue weighted by Crippen LogP contribution is -2.09. The van der Waals surface area contributed by atoms with Crippen LogP contribution < -0.4 is 4.90 Å². The Morgan fingerprint density at radius 2 is 0.840 bits per heavy atom. The third kappa shape index (κ3) is 5.37. The summed E-state index contributed by atoms with van der Waals surface area (Å²) in [6, 6.07) is 62.1. The van der Waals surface area contributed by atoms with E-state index >= 15 is 0 Å². The molecule has 0 spiro atoms. The van der Waals surface area contributed by atoms with Crippen LogP contribution in [0.2, 0.25) is 0 Å². The number of aromatic nitrogens is 3. The number of benzene rings is 7. The first kappa shape index (κ1) is 29.3. The van der Waals surface area contributed by atoms with E-state index in [9.17, 15) is 0 Å². The fourth-order valence-corrected chi connectivity index (χ4v) is 6.58. The van der Waals surface area contributed by atoms with E-state index in [1.165, 1.54) is 0 Å². The Labute approximate surface area is 289 Å². The molecule has 0 atom stereocenters. The van der Waals surface area contributed by atoms with Gasteiger partial charge in [0, 0.05) is 50.1 Å². The zero-order chi connectivity index (χ0) is 33.3. The summed E-state index contributed by atoms with van der Waals surface area (Å²) in [5.74, 6) is 1.85. The van der Waals surface area contributed by atoms with E-state index < -0.39 is 0 Å². The summed E-state index contributed by atoms with van der Waals surface area (Å²) < 4.78 is 6.66. The fourth-order valence-electron chi connectivity index (χ4n) is 6.58. The summed E-state index contributed by atoms with van der Waals surface area (Å²) >= 11 is 0. The van der Waals surface area contributed by atoms with Crippen LogP contribution in [-0.4, -0.2) is 15.0 Å². The molecule has 0 saturated carbocycles. The van der Waals surface area contributed by atoms with Gasteiger partial charge in [0.1, 0.15) is 11.2 Å². The number of hydrogen-bond donors (Lipinski definition) is 0. The number of anilines is 3. The van der Waals surface area contributed by atoms with Gasteiger partial charge in [-0.1, -0.05) is 140 Å². The fraction of sp³-hybridized carbons (Fsp3) is 0. The minimum Gasteiger partial charge on any atom is -0.455 e. The van der Waals surface area contributed by atoms with E-state index in [2.05, 4.69) is 102 Å². The van der Waals surface area contributed by atoms with Crippen LogP contribution in [0.4, 0.5) is 17.1 Å². The Bertz CT molecular complexity index is 2470. The molecule has 2 aromatic heterocycles. The van der Waals surface area contributed by atoms with E-state index in [1.54, 1.807) is 0 Å². The molecule has 0 radical (unpaired) electrons. The van der Waals surface area contributed by atoms with Crippen LogP contribution in [0.1, 0.15) is 0 Å². The highest BCUT2D eigenvalue weighted by molar-refractivity contribution is 6.15. The van der Waals surface area contributed by atoms with Gasteiger partial charge in [-0.05, 0) is 48.0 Å². The Hall–Kier alpha value is -6.85. The van der Waals surface area contributed by atoms with Crippen LogP contribution in [0.5, 0.6) is 0 Å². The second-order valence-corrected chi connectivity index (χ2v) is 12.1. The molecule has 0 saturated heterocycles. The monoisotopic (exact) mass is 642 g/mol. The number of fused-ring (bicyclic) bond motifs is 3. The highest BCUT2D eigenvalue weighted by atomic mass is 16.3. The largest absolute Gasteiger partial charge is 0.455 e. The van der Waals surface area contributed by atoms with Crippen LogP contribution >= 0.6 is 0 Å². The molecule has 9 rings (SSSR count). The average molecular weight is 643 g/mol. The Kier molecular flexibility index (Phi) is 7.41. The van der Waals surface area contributed by atoms with E-state index in [0.29, 0.717) is 17.5 Å². The SMILES string of the molecule is c1ccc(-c2nc(-c3ccccc3)nc(-c3cccc4oc5c(-c6ccc(N(c7ccccc7)c7ccccc7)cc6)cccc5c34)n2)cc1. The van der Waals surface area contributed by atoms with Crippen molar-refractivity contribution in [1.29, 1.82) is 0 Å². The third-order valence-corrected chi connectivity index (χ3v) is 8.93. The molecule has 2 heterocycles. The van der Waals surface area contributed by atoms with Gasteiger partial charge in [0.2, 0.25) is 0 Å². The van der Waals surface area contributed by atoms with Crippen molar-refractivity contribution in [1.82, 2.24) is 15.0 Å². The minimum atomic E-state index is 0.600. The van der Waals surface area contributed by atoms with Gasteiger partial charge in [0.25, 0.3) is 0 Å². The van der Waals surface area contributed by atoms with Gasteiger partial charge >= 0.3 is 0 Å². The van der Waals surface area contributed by atoms with Gasteiger partial charge in [-0.25, -0.2) is 15.0 Å². The zero-order valence-electron chi connectivity index (χ0n) is 27.0. The second-order valence-electron chi connectivity index (χ2n) is 12.1. The van der Waals surface area contributed by atoms with Gasteiger partial charge in [0.15, 0.2) is 17.5 Å². The predicted molar refractivity (Wildman–Crippen MR) is 204 cm³/mol.